The molecular weight excluding hydrogens is 803 g/mol. The molecule has 0 bridgehead atoms. The van der Waals surface area contributed by atoms with Crippen LogP contribution in [0.3, 0.4) is 0 Å². The van der Waals surface area contributed by atoms with Crippen LogP contribution in [0, 0.1) is 0 Å². The summed E-state index contributed by atoms with van der Waals surface area (Å²) in [7, 11) is -3.98. The second kappa shape index (κ2) is 16.6. The highest BCUT2D eigenvalue weighted by molar-refractivity contribution is 7.89. The van der Waals surface area contributed by atoms with Crippen LogP contribution in [0.2, 0.25) is 0 Å². The van der Waals surface area contributed by atoms with E-state index in [0.717, 1.165) is 15.9 Å². The molecule has 0 aliphatic carbocycles. The highest BCUT2D eigenvalue weighted by Gasteiger charge is 2.47. The number of amides is 2. The van der Waals surface area contributed by atoms with Crippen molar-refractivity contribution in [3.63, 3.8) is 0 Å². The number of aromatic hydroxyl groups is 2. The van der Waals surface area contributed by atoms with Crippen molar-refractivity contribution in [3.05, 3.63) is 96.1 Å². The molecule has 22 nitrogen and oxygen atoms in total. The van der Waals surface area contributed by atoms with E-state index < -0.39 is 40.6 Å². The van der Waals surface area contributed by atoms with Gasteiger partial charge in [-0.15, -0.1) is 10.2 Å². The van der Waals surface area contributed by atoms with E-state index in [1.807, 2.05) is 4.90 Å². The van der Waals surface area contributed by atoms with Gasteiger partial charge in [0.05, 0.1) is 24.4 Å². The number of aromatic nitrogens is 8. The molecule has 2 aliphatic rings. The summed E-state index contributed by atoms with van der Waals surface area (Å²) >= 11 is 0. The van der Waals surface area contributed by atoms with Gasteiger partial charge < -0.3 is 51.1 Å². The van der Waals surface area contributed by atoms with Crippen LogP contribution in [0.5, 0.6) is 11.5 Å². The predicted octanol–water partition coefficient (Wildman–Crippen LogP) is 0.500. The molecule has 5 heterocycles. The molecular formula is C37H41N13O9S. The standard InChI is InChI=1S/C37H41N13O9S/c38-60(57,58)26-3-1-2-22(16-26)41-37(56)42-23-12-13-48(18-23)36-43-32(39-17-27(20-4-8-24(52)9-5-20)21-6-10-25(53)11-7-21)28-34(44-36)49(19-40-28)35-30(55)29(54)31(59-35)33-45-47-50(46-33)14-15-51/h1-11,16,19,23,27,29-31,35,51-55H,12-15,17-18H2,(H2,38,57,58)(H,39,43,44)(H2,41,42,56)/t23?,29-,30+,31-,35+/m0/s1. The molecule has 3 aromatic carbocycles. The van der Waals surface area contributed by atoms with Gasteiger partial charge in [-0.1, -0.05) is 30.3 Å². The number of urea groups is 1. The Morgan fingerprint density at radius 3 is 2.38 bits per heavy atom. The number of benzene rings is 3. The summed E-state index contributed by atoms with van der Waals surface area (Å²) in [6.07, 6.45) is -3.42. The van der Waals surface area contributed by atoms with Gasteiger partial charge >= 0.3 is 6.03 Å². The van der Waals surface area contributed by atoms with Gasteiger partial charge in [0.2, 0.25) is 21.8 Å². The largest absolute Gasteiger partial charge is 0.508 e. The molecule has 2 amide bonds. The molecule has 60 heavy (non-hydrogen) atoms. The number of nitrogens with one attached hydrogen (secondary N) is 3. The summed E-state index contributed by atoms with van der Waals surface area (Å²) in [5.41, 5.74) is 2.50. The Bertz CT molecular complexity index is 2550. The first-order valence-corrected chi connectivity index (χ1v) is 20.3. The Labute approximate surface area is 341 Å². The smallest absolute Gasteiger partial charge is 0.319 e. The van der Waals surface area contributed by atoms with Gasteiger partial charge in [-0.05, 0) is 65.2 Å². The number of primary sulfonamides is 1. The van der Waals surface area contributed by atoms with Gasteiger partial charge in [-0.3, -0.25) is 4.57 Å². The highest BCUT2D eigenvalue weighted by Crippen LogP contribution is 2.39. The quantitative estimate of drug-likeness (QED) is 0.0764. The number of rotatable bonds is 13. The zero-order valence-electron chi connectivity index (χ0n) is 31.6. The normalized spacial score (nSPS) is 20.6. The number of ether oxygens (including phenoxy) is 1. The Hall–Kier alpha value is -6.50. The second-order valence-electron chi connectivity index (χ2n) is 14.3. The average Bonchev–Trinajstić information content (AvgIpc) is 4.04. The van der Waals surface area contributed by atoms with E-state index in [1.54, 1.807) is 48.5 Å². The van der Waals surface area contributed by atoms with Crippen molar-refractivity contribution in [2.45, 2.75) is 54.4 Å². The number of phenols is 2. The number of imidazole rings is 1. The van der Waals surface area contributed by atoms with Crippen LogP contribution in [0.1, 0.15) is 41.6 Å². The zero-order chi connectivity index (χ0) is 42.1. The number of aliphatic hydroxyl groups is 3. The summed E-state index contributed by atoms with van der Waals surface area (Å²) in [5, 5.41) is 77.9. The van der Waals surface area contributed by atoms with Crippen LogP contribution in [-0.4, -0.2) is 124 Å². The Morgan fingerprint density at radius 1 is 0.983 bits per heavy atom. The lowest BCUT2D eigenvalue weighted by Crippen LogP contribution is -2.40. The number of fused-ring (bicyclic) bond motifs is 1. The molecule has 2 aliphatic heterocycles. The zero-order valence-corrected chi connectivity index (χ0v) is 32.4. The van der Waals surface area contributed by atoms with Crippen molar-refractivity contribution in [3.8, 4) is 11.5 Å². The number of phenolic OH excluding ortho intramolecular Hbond substituents is 2. The Kier molecular flexibility index (Phi) is 11.2. The third kappa shape index (κ3) is 8.47. The second-order valence-corrected chi connectivity index (χ2v) is 15.9. The molecule has 2 fully saturated rings. The number of sulfonamides is 1. The van der Waals surface area contributed by atoms with Gasteiger partial charge in [0, 0.05) is 37.3 Å². The number of anilines is 3. The fourth-order valence-corrected chi connectivity index (χ4v) is 7.78. The van der Waals surface area contributed by atoms with Crippen LogP contribution in [0.15, 0.2) is 84.0 Å². The molecule has 10 N–H and O–H groups in total. The minimum Gasteiger partial charge on any atom is -0.508 e. The van der Waals surface area contributed by atoms with Crippen molar-refractivity contribution >= 4 is 44.7 Å². The fraction of sp³-hybridized carbons (Fsp3) is 0.324. The van der Waals surface area contributed by atoms with Crippen molar-refractivity contribution in [1.82, 2.24) is 45.0 Å². The fourth-order valence-electron chi connectivity index (χ4n) is 7.22. The number of hydrogen-bond donors (Lipinski definition) is 9. The predicted molar refractivity (Wildman–Crippen MR) is 212 cm³/mol. The molecule has 6 aromatic rings. The minimum atomic E-state index is -3.98. The third-order valence-electron chi connectivity index (χ3n) is 10.2. The van der Waals surface area contributed by atoms with Crippen LogP contribution >= 0.6 is 0 Å². The molecule has 5 atom stereocenters. The van der Waals surface area contributed by atoms with E-state index >= 15 is 0 Å². The van der Waals surface area contributed by atoms with Crippen molar-refractivity contribution in [1.29, 1.82) is 0 Å². The number of tetrazole rings is 1. The van der Waals surface area contributed by atoms with Crippen LogP contribution in [0.4, 0.5) is 22.2 Å². The maximum Gasteiger partial charge on any atom is 0.319 e. The summed E-state index contributed by atoms with van der Waals surface area (Å²) in [5.74, 6) is 0.481. The molecule has 3 aromatic heterocycles. The number of nitrogens with two attached hydrogens (primary N) is 1. The Morgan fingerprint density at radius 2 is 1.70 bits per heavy atom. The lowest BCUT2D eigenvalue weighted by atomic mass is 9.91. The summed E-state index contributed by atoms with van der Waals surface area (Å²) in [6, 6.07) is 18.2. The lowest BCUT2D eigenvalue weighted by Gasteiger charge is -2.22. The first-order chi connectivity index (χ1) is 28.8. The number of carbonyl (C=O) groups excluding carboxylic acids is 1. The van der Waals surface area contributed by atoms with Crippen LogP contribution in [-0.2, 0) is 21.3 Å². The molecule has 0 saturated carbocycles. The van der Waals surface area contributed by atoms with Crippen molar-refractivity contribution < 1.29 is 43.5 Å². The van der Waals surface area contributed by atoms with Gasteiger partial charge in [-0.2, -0.15) is 14.8 Å². The van der Waals surface area contributed by atoms with Crippen LogP contribution < -0.4 is 26.0 Å². The maximum atomic E-state index is 13.0. The van der Waals surface area contributed by atoms with E-state index in [9.17, 15) is 38.7 Å². The summed E-state index contributed by atoms with van der Waals surface area (Å²) in [4.78, 5) is 30.2. The van der Waals surface area contributed by atoms with Gasteiger partial charge in [0.1, 0.15) is 23.7 Å². The monoisotopic (exact) mass is 843 g/mol. The molecule has 8 rings (SSSR count). The highest BCUT2D eigenvalue weighted by atomic mass is 32.2. The maximum absolute atomic E-state index is 13.0. The van der Waals surface area contributed by atoms with Crippen LogP contribution in [0.25, 0.3) is 11.2 Å². The lowest BCUT2D eigenvalue weighted by molar-refractivity contribution is -0.0384. The number of carbonyl (C=O) groups is 1. The number of aliphatic hydroxyl groups excluding tert-OH is 3. The topological polar surface area (TPSA) is 314 Å². The number of nitrogens with zero attached hydrogens (tertiary/aromatic N) is 9. The molecule has 23 heteroatoms. The van der Waals surface area contributed by atoms with E-state index in [-0.39, 0.29) is 77.7 Å². The number of hydrogen-bond acceptors (Lipinski definition) is 17. The average molecular weight is 844 g/mol. The van der Waals surface area contributed by atoms with E-state index in [0.29, 0.717) is 24.3 Å². The Balaban J connectivity index is 1.09. The first-order valence-electron chi connectivity index (χ1n) is 18.8. The molecule has 1 unspecified atom stereocenters. The molecule has 0 spiro atoms. The van der Waals surface area contributed by atoms with Crippen molar-refractivity contribution in [2.75, 3.05) is 41.8 Å². The van der Waals surface area contributed by atoms with Gasteiger partial charge in [-0.25, -0.2) is 23.3 Å². The third-order valence-corrected chi connectivity index (χ3v) is 11.1. The summed E-state index contributed by atoms with van der Waals surface area (Å²) < 4.78 is 31.3. The molecule has 0 radical (unpaired) electrons. The van der Waals surface area contributed by atoms with Gasteiger partial charge in [0.25, 0.3) is 0 Å². The van der Waals surface area contributed by atoms with E-state index in [1.165, 1.54) is 35.2 Å². The molecule has 314 valence electrons. The SMILES string of the molecule is NS(=O)(=O)c1cccc(NC(=O)NC2CCN(c3nc(NCC(c4ccc(O)cc4)c4ccc(O)cc4)c4ncn([C@@H]5O[C@H](c6nnn(CCO)n6)[C@@H](O)[C@H]5O)c4n3)C2)c1. The first kappa shape index (κ1) is 40.3. The molecule has 2 saturated heterocycles. The van der Waals surface area contributed by atoms with Gasteiger partial charge in [0.15, 0.2) is 29.3 Å². The minimum absolute atomic E-state index is 0.00542. The van der Waals surface area contributed by atoms with E-state index in [4.69, 9.17) is 19.8 Å². The van der Waals surface area contributed by atoms with Crippen molar-refractivity contribution in [2.24, 2.45) is 5.14 Å². The summed E-state index contributed by atoms with van der Waals surface area (Å²) in [6.45, 7) is 0.803. The van der Waals surface area contributed by atoms with E-state index in [2.05, 4.69) is 36.3 Å².